The summed E-state index contributed by atoms with van der Waals surface area (Å²) in [5.41, 5.74) is 0. The average Bonchev–Trinajstić information content (AvgIpc) is 2.58. The van der Waals surface area contributed by atoms with Gasteiger partial charge in [0.15, 0.2) is 6.10 Å². The number of amides is 1. The number of nitrogens with one attached hydrogen (secondary N) is 1. The highest BCUT2D eigenvalue weighted by atomic mass is 35.5. The first kappa shape index (κ1) is 19.1. The second-order valence-corrected chi connectivity index (χ2v) is 7.17. The molecule has 1 aromatic rings. The van der Waals surface area contributed by atoms with Crippen LogP contribution in [0.1, 0.15) is 39.5 Å². The molecule has 5 heteroatoms. The van der Waals surface area contributed by atoms with Gasteiger partial charge in [0.1, 0.15) is 5.75 Å². The molecule has 0 bridgehead atoms. The van der Waals surface area contributed by atoms with Crippen molar-refractivity contribution in [2.24, 2.45) is 5.92 Å². The molecule has 1 unspecified atom stereocenters. The molecule has 4 nitrogen and oxygen atoms in total. The Hall–Kier alpha value is -1.26. The number of unbranched alkanes of at least 4 members (excludes halogenated alkanes) is 1. The van der Waals surface area contributed by atoms with E-state index in [0.717, 1.165) is 25.3 Å². The fourth-order valence-corrected chi connectivity index (χ4v) is 3.00. The molecule has 0 saturated carbocycles. The highest BCUT2D eigenvalue weighted by Gasteiger charge is 2.16. The number of hydrogen-bond donors (Lipinski definition) is 1. The summed E-state index contributed by atoms with van der Waals surface area (Å²) in [6.45, 7) is 8.38. The Labute approximate surface area is 150 Å². The quantitative estimate of drug-likeness (QED) is 0.725. The smallest absolute Gasteiger partial charge is 0.260 e. The van der Waals surface area contributed by atoms with Crippen LogP contribution in [0.4, 0.5) is 0 Å². The summed E-state index contributed by atoms with van der Waals surface area (Å²) in [5, 5.41) is 3.61. The van der Waals surface area contributed by atoms with Crippen molar-refractivity contribution in [2.75, 3.05) is 26.2 Å². The predicted octanol–water partition coefficient (Wildman–Crippen LogP) is 3.74. The first-order chi connectivity index (χ1) is 11.5. The van der Waals surface area contributed by atoms with Gasteiger partial charge < -0.3 is 15.0 Å². The molecule has 0 radical (unpaired) electrons. The lowest BCUT2D eigenvalue weighted by Crippen LogP contribution is -2.37. The summed E-state index contributed by atoms with van der Waals surface area (Å²) in [7, 11) is 0. The van der Waals surface area contributed by atoms with Crippen LogP contribution in [0.15, 0.2) is 24.3 Å². The second-order valence-electron chi connectivity index (χ2n) is 6.74. The summed E-state index contributed by atoms with van der Waals surface area (Å²) in [5.74, 6) is 1.46. The molecule has 1 amide bonds. The molecule has 1 aliphatic heterocycles. The lowest BCUT2D eigenvalue weighted by molar-refractivity contribution is -0.127. The summed E-state index contributed by atoms with van der Waals surface area (Å²) in [4.78, 5) is 14.6. The number of hydrogen-bond acceptors (Lipinski definition) is 3. The number of benzene rings is 1. The van der Waals surface area contributed by atoms with Crippen LogP contribution in [-0.2, 0) is 4.79 Å². The Morgan fingerprint density at radius 1 is 1.29 bits per heavy atom. The van der Waals surface area contributed by atoms with Crippen molar-refractivity contribution < 1.29 is 9.53 Å². The van der Waals surface area contributed by atoms with Crippen molar-refractivity contribution in [1.29, 1.82) is 0 Å². The molecule has 24 heavy (non-hydrogen) atoms. The Morgan fingerprint density at radius 3 is 2.62 bits per heavy atom. The third-order valence-electron chi connectivity index (χ3n) is 4.57. The molecule has 1 aromatic carbocycles. The molecular formula is C19H29ClN2O2. The van der Waals surface area contributed by atoms with Crippen molar-refractivity contribution in [2.45, 2.75) is 45.6 Å². The van der Waals surface area contributed by atoms with E-state index >= 15 is 0 Å². The van der Waals surface area contributed by atoms with Gasteiger partial charge in [-0.15, -0.1) is 0 Å². The van der Waals surface area contributed by atoms with Crippen molar-refractivity contribution in [1.82, 2.24) is 10.2 Å². The Morgan fingerprint density at radius 2 is 1.96 bits per heavy atom. The maximum absolute atomic E-state index is 12.0. The molecule has 0 aromatic heterocycles. The van der Waals surface area contributed by atoms with E-state index in [9.17, 15) is 4.79 Å². The topological polar surface area (TPSA) is 41.6 Å². The molecule has 2 rings (SSSR count). The fourth-order valence-electron chi connectivity index (χ4n) is 2.87. The van der Waals surface area contributed by atoms with Crippen molar-refractivity contribution in [3.05, 3.63) is 29.3 Å². The van der Waals surface area contributed by atoms with Crippen LogP contribution in [0, 0.1) is 5.92 Å². The van der Waals surface area contributed by atoms with Gasteiger partial charge in [0.25, 0.3) is 5.91 Å². The van der Waals surface area contributed by atoms with E-state index in [-0.39, 0.29) is 5.91 Å². The SMILES string of the molecule is CC1CCN(CCCCNC(=O)C(C)Oc2ccc(Cl)cc2)CC1. The lowest BCUT2D eigenvalue weighted by Gasteiger charge is -2.30. The number of carbonyl (C=O) groups is 1. The number of halogens is 1. The number of likely N-dealkylation sites (tertiary alicyclic amines) is 1. The number of rotatable bonds is 8. The van der Waals surface area contributed by atoms with Gasteiger partial charge in [-0.25, -0.2) is 0 Å². The van der Waals surface area contributed by atoms with Crippen LogP contribution in [0.25, 0.3) is 0 Å². The van der Waals surface area contributed by atoms with Gasteiger partial charge in [0, 0.05) is 11.6 Å². The molecule has 134 valence electrons. The Bertz CT molecular complexity index is 499. The summed E-state index contributed by atoms with van der Waals surface area (Å²) >= 11 is 5.83. The van der Waals surface area contributed by atoms with E-state index in [0.29, 0.717) is 17.3 Å². The summed E-state index contributed by atoms with van der Waals surface area (Å²) in [6.07, 6.45) is 4.26. The zero-order valence-corrected chi connectivity index (χ0v) is 15.5. The summed E-state index contributed by atoms with van der Waals surface area (Å²) < 4.78 is 5.61. The van der Waals surface area contributed by atoms with E-state index < -0.39 is 6.10 Å². The third-order valence-corrected chi connectivity index (χ3v) is 4.82. The largest absolute Gasteiger partial charge is 0.481 e. The van der Waals surface area contributed by atoms with Gasteiger partial charge >= 0.3 is 0 Å². The van der Waals surface area contributed by atoms with Crippen LogP contribution in [0.2, 0.25) is 5.02 Å². The van der Waals surface area contributed by atoms with Gasteiger partial charge in [0.05, 0.1) is 0 Å². The van der Waals surface area contributed by atoms with E-state index in [1.807, 2.05) is 0 Å². The van der Waals surface area contributed by atoms with Gasteiger partial charge in [-0.1, -0.05) is 18.5 Å². The van der Waals surface area contributed by atoms with Crippen molar-refractivity contribution in [3.8, 4) is 5.75 Å². The molecule has 1 N–H and O–H groups in total. The molecule has 0 spiro atoms. The number of carbonyl (C=O) groups excluding carboxylic acids is 1. The van der Waals surface area contributed by atoms with Crippen LogP contribution in [0.3, 0.4) is 0 Å². The zero-order chi connectivity index (χ0) is 17.4. The van der Waals surface area contributed by atoms with E-state index in [1.54, 1.807) is 31.2 Å². The minimum absolute atomic E-state index is 0.0725. The first-order valence-electron chi connectivity index (χ1n) is 8.97. The van der Waals surface area contributed by atoms with E-state index in [2.05, 4.69) is 17.1 Å². The average molecular weight is 353 g/mol. The fraction of sp³-hybridized carbons (Fsp3) is 0.632. The Kier molecular flexibility index (Phi) is 7.86. The first-order valence-corrected chi connectivity index (χ1v) is 9.34. The summed E-state index contributed by atoms with van der Waals surface area (Å²) in [6, 6.07) is 7.04. The normalized spacial score (nSPS) is 17.5. The van der Waals surface area contributed by atoms with Crippen LogP contribution >= 0.6 is 11.6 Å². The van der Waals surface area contributed by atoms with Gasteiger partial charge in [-0.3, -0.25) is 4.79 Å². The predicted molar refractivity (Wildman–Crippen MR) is 98.6 cm³/mol. The number of ether oxygens (including phenoxy) is 1. The highest BCUT2D eigenvalue weighted by Crippen LogP contribution is 2.17. The standard InChI is InChI=1S/C19H29ClN2O2/c1-15-9-13-22(14-10-15)12-4-3-11-21-19(23)16(2)24-18-7-5-17(20)6-8-18/h5-8,15-16H,3-4,9-14H2,1-2H3,(H,21,23). The Balaban J connectivity index is 1.56. The highest BCUT2D eigenvalue weighted by molar-refractivity contribution is 6.30. The molecular weight excluding hydrogens is 324 g/mol. The van der Waals surface area contributed by atoms with Gasteiger partial charge in [-0.2, -0.15) is 0 Å². The van der Waals surface area contributed by atoms with Crippen LogP contribution in [-0.4, -0.2) is 43.1 Å². The zero-order valence-electron chi connectivity index (χ0n) is 14.8. The molecule has 1 heterocycles. The molecule has 1 atom stereocenters. The molecule has 1 fully saturated rings. The lowest BCUT2D eigenvalue weighted by atomic mass is 9.99. The van der Waals surface area contributed by atoms with Crippen LogP contribution in [0.5, 0.6) is 5.75 Å². The molecule has 0 aliphatic carbocycles. The second kappa shape index (κ2) is 9.90. The molecule has 1 saturated heterocycles. The minimum Gasteiger partial charge on any atom is -0.481 e. The maximum atomic E-state index is 12.0. The van der Waals surface area contributed by atoms with Crippen molar-refractivity contribution in [3.63, 3.8) is 0 Å². The third kappa shape index (κ3) is 6.70. The van der Waals surface area contributed by atoms with E-state index in [4.69, 9.17) is 16.3 Å². The number of piperidine rings is 1. The minimum atomic E-state index is -0.505. The van der Waals surface area contributed by atoms with E-state index in [1.165, 1.54) is 25.9 Å². The number of nitrogens with zero attached hydrogens (tertiary/aromatic N) is 1. The van der Waals surface area contributed by atoms with Crippen molar-refractivity contribution >= 4 is 17.5 Å². The van der Waals surface area contributed by atoms with Gasteiger partial charge in [-0.05, 0) is 82.4 Å². The monoisotopic (exact) mass is 352 g/mol. The molecule has 1 aliphatic rings. The van der Waals surface area contributed by atoms with Gasteiger partial charge in [0.2, 0.25) is 0 Å². The van der Waals surface area contributed by atoms with Crippen LogP contribution < -0.4 is 10.1 Å². The maximum Gasteiger partial charge on any atom is 0.260 e.